The van der Waals surface area contributed by atoms with Crippen molar-refractivity contribution in [1.29, 1.82) is 0 Å². The summed E-state index contributed by atoms with van der Waals surface area (Å²) in [6, 6.07) is 0. The van der Waals surface area contributed by atoms with Crippen molar-refractivity contribution in [1.82, 2.24) is 0 Å². The first-order valence-corrected chi connectivity index (χ1v) is 20.0. The van der Waals surface area contributed by atoms with Crippen LogP contribution in [0.1, 0.15) is 120 Å². The van der Waals surface area contributed by atoms with Crippen LogP contribution in [0.3, 0.4) is 0 Å². The molecule has 0 bridgehead atoms. The summed E-state index contributed by atoms with van der Waals surface area (Å²) >= 11 is 0. The van der Waals surface area contributed by atoms with Crippen molar-refractivity contribution in [3.05, 3.63) is 0 Å². The molecule has 11 nitrogen and oxygen atoms in total. The van der Waals surface area contributed by atoms with Gasteiger partial charge in [-0.3, -0.25) is 0 Å². The fourth-order valence-corrected chi connectivity index (χ4v) is 11.3. The molecule has 6 aliphatic rings. The normalized spacial score (nSPS) is 53.2. The van der Waals surface area contributed by atoms with E-state index in [0.29, 0.717) is 6.42 Å². The van der Waals surface area contributed by atoms with Gasteiger partial charge in [-0.05, 0) is 76.5 Å². The SMILES string of the molecule is CO[C@@H]1C[C@@H](C[C@H]2CC[C@H](C)[C@H]([C@@H](C)C(=O)[O-])O2)O[C@]2(O[C@](C)([C@@H]3CC[C@](C)([C@H]4O[C@H]([C@@H]5O[C@](O)(CO)[C@@H](C)C[C@H]5C)C[C@H]4C)O3)C[C@H]2C)[C@@H]1C.[Na+]. The second kappa shape index (κ2) is 16.2. The van der Waals surface area contributed by atoms with E-state index >= 15 is 0 Å². The van der Waals surface area contributed by atoms with E-state index in [0.717, 1.165) is 51.4 Å². The Bertz CT molecular complexity index is 1240. The molecule has 1 spiro atoms. The van der Waals surface area contributed by atoms with Gasteiger partial charge in [0.2, 0.25) is 0 Å². The van der Waals surface area contributed by atoms with Crippen molar-refractivity contribution in [3.63, 3.8) is 0 Å². The fraction of sp³-hybridized carbons (Fsp3) is 0.975. The van der Waals surface area contributed by atoms with Crippen LogP contribution in [0.5, 0.6) is 0 Å². The van der Waals surface area contributed by atoms with Gasteiger partial charge in [0.1, 0.15) is 0 Å². The molecule has 0 saturated carbocycles. The summed E-state index contributed by atoms with van der Waals surface area (Å²) in [7, 11) is 1.76. The summed E-state index contributed by atoms with van der Waals surface area (Å²) in [6.45, 7) is 18.3. The molecule has 0 amide bonds. The number of rotatable bonds is 9. The molecule has 2 N–H and O–H groups in total. The maximum absolute atomic E-state index is 11.7. The van der Waals surface area contributed by atoms with Gasteiger partial charge in [0.25, 0.3) is 0 Å². The molecule has 294 valence electrons. The summed E-state index contributed by atoms with van der Waals surface area (Å²) in [5, 5.41) is 32.7. The zero-order valence-electron chi connectivity index (χ0n) is 33.8. The number of hydrogen-bond acceptors (Lipinski definition) is 11. The predicted molar refractivity (Wildman–Crippen MR) is 186 cm³/mol. The van der Waals surface area contributed by atoms with Gasteiger partial charge in [-0.1, -0.05) is 48.5 Å². The van der Waals surface area contributed by atoms with E-state index in [9.17, 15) is 20.1 Å². The summed E-state index contributed by atoms with van der Waals surface area (Å²) in [6.07, 6.45) is 5.62. The molecule has 0 radical (unpaired) electrons. The molecule has 0 aromatic carbocycles. The van der Waals surface area contributed by atoms with Crippen LogP contribution in [0, 0.1) is 41.4 Å². The van der Waals surface area contributed by atoms with Crippen LogP contribution in [0.15, 0.2) is 0 Å². The third-order valence-corrected chi connectivity index (χ3v) is 14.4. The summed E-state index contributed by atoms with van der Waals surface area (Å²) < 4.78 is 46.9. The van der Waals surface area contributed by atoms with Crippen LogP contribution in [0.4, 0.5) is 0 Å². The van der Waals surface area contributed by atoms with Gasteiger partial charge in [0.05, 0.1) is 66.6 Å². The zero-order valence-corrected chi connectivity index (χ0v) is 35.8. The van der Waals surface area contributed by atoms with Gasteiger partial charge in [-0.15, -0.1) is 0 Å². The average Bonchev–Trinajstić information content (AvgIpc) is 3.75. The predicted octanol–water partition coefficient (Wildman–Crippen LogP) is 1.37. The molecule has 0 unspecified atom stereocenters. The van der Waals surface area contributed by atoms with Crippen molar-refractivity contribution in [2.75, 3.05) is 13.7 Å². The third-order valence-electron chi connectivity index (χ3n) is 14.4. The van der Waals surface area contributed by atoms with Crippen LogP contribution in [-0.4, -0.2) is 102 Å². The van der Waals surface area contributed by atoms with Crippen LogP contribution >= 0.6 is 0 Å². The van der Waals surface area contributed by atoms with E-state index in [2.05, 4.69) is 48.5 Å². The minimum atomic E-state index is -1.55. The minimum Gasteiger partial charge on any atom is -0.550 e. The van der Waals surface area contributed by atoms with Crippen molar-refractivity contribution < 1.29 is 82.8 Å². The van der Waals surface area contributed by atoms with Gasteiger partial charge in [0, 0.05) is 49.6 Å². The Morgan fingerprint density at radius 1 is 0.885 bits per heavy atom. The Morgan fingerprint density at radius 2 is 1.60 bits per heavy atom. The Labute approximate surface area is 334 Å². The number of carboxylic acids is 1. The molecule has 6 fully saturated rings. The number of carbonyl (C=O) groups excluding carboxylic acids is 1. The molecule has 6 rings (SSSR count). The first-order chi connectivity index (χ1) is 23.9. The van der Waals surface area contributed by atoms with E-state index in [1.54, 1.807) is 14.0 Å². The molecular weight excluding hydrogens is 679 g/mol. The Kier molecular flexibility index (Phi) is 13.4. The quantitative estimate of drug-likeness (QED) is 0.331. The van der Waals surface area contributed by atoms with E-state index in [1.807, 2.05) is 6.92 Å². The first-order valence-electron chi connectivity index (χ1n) is 20.0. The smallest absolute Gasteiger partial charge is 0.550 e. The molecular formula is C40H67NaO11. The molecule has 0 aliphatic carbocycles. The molecule has 6 heterocycles. The molecule has 6 aliphatic heterocycles. The van der Waals surface area contributed by atoms with E-state index in [4.69, 9.17) is 33.2 Å². The summed E-state index contributed by atoms with van der Waals surface area (Å²) in [4.78, 5) is 11.7. The van der Waals surface area contributed by atoms with Crippen LogP contribution < -0.4 is 34.7 Å². The third kappa shape index (κ3) is 7.85. The standard InChI is InChI=1S/C40H68O11.Na/c1-21-11-12-28(46-33(21)26(6)36(42)43)17-29-18-30(45-10)27(7)40(48-29)25(5)19-38(9,51-40)32-13-14-37(8,49-32)35-23(3)16-31(47-35)34-22(2)15-24(4)39(44,20-41)50-34;/h21-35,41,44H,11-20H2,1-10H3,(H,42,43);/q;+1/p-1/t21-,22+,23+,24-,25+,26+,27+,28+,29+,30+,31-,32-,33+,34+,35-,37+,38-,39+,40+;/m0./s1. The van der Waals surface area contributed by atoms with E-state index < -0.39 is 41.3 Å². The van der Waals surface area contributed by atoms with Crippen LogP contribution in [0.25, 0.3) is 0 Å². The van der Waals surface area contributed by atoms with Crippen molar-refractivity contribution >= 4 is 5.97 Å². The summed E-state index contributed by atoms with van der Waals surface area (Å²) in [5.41, 5.74) is -1.11. The van der Waals surface area contributed by atoms with Gasteiger partial charge in [0.15, 0.2) is 11.6 Å². The van der Waals surface area contributed by atoms with Crippen molar-refractivity contribution in [3.8, 4) is 0 Å². The maximum Gasteiger partial charge on any atom is 1.00 e. The number of carboxylic acid groups (broad SMARTS) is 1. The minimum absolute atomic E-state index is 0. The molecule has 6 saturated heterocycles. The number of ether oxygens (including phenoxy) is 7. The topological polar surface area (TPSA) is 145 Å². The van der Waals surface area contributed by atoms with Crippen molar-refractivity contribution in [2.24, 2.45) is 41.4 Å². The fourth-order valence-electron chi connectivity index (χ4n) is 11.3. The number of hydrogen-bond donors (Lipinski definition) is 2. The molecule has 0 aromatic heterocycles. The Balaban J connectivity index is 0.00000523. The number of carbonyl (C=O) groups is 1. The Hall–Kier alpha value is 0.110. The number of methoxy groups -OCH3 is 1. The van der Waals surface area contributed by atoms with E-state index in [-0.39, 0.29) is 114 Å². The van der Waals surface area contributed by atoms with E-state index in [1.165, 1.54) is 0 Å². The van der Waals surface area contributed by atoms with Gasteiger partial charge < -0.3 is 53.3 Å². The molecule has 12 heteroatoms. The molecule has 19 atom stereocenters. The maximum atomic E-state index is 11.7. The second-order valence-electron chi connectivity index (χ2n) is 18.4. The molecule has 0 aromatic rings. The molecule has 52 heavy (non-hydrogen) atoms. The number of aliphatic carboxylic acids is 1. The van der Waals surface area contributed by atoms with Crippen LogP contribution in [0.2, 0.25) is 0 Å². The monoisotopic (exact) mass is 746 g/mol. The number of aliphatic hydroxyl groups is 2. The van der Waals surface area contributed by atoms with Gasteiger partial charge in [-0.25, -0.2) is 0 Å². The first kappa shape index (κ1) is 43.2. The largest absolute Gasteiger partial charge is 1.00 e. The van der Waals surface area contributed by atoms with Crippen molar-refractivity contribution in [2.45, 2.75) is 192 Å². The van der Waals surface area contributed by atoms with Gasteiger partial charge >= 0.3 is 29.6 Å². The zero-order chi connectivity index (χ0) is 37.3. The Morgan fingerprint density at radius 3 is 2.25 bits per heavy atom. The van der Waals surface area contributed by atoms with Crippen LogP contribution in [-0.2, 0) is 38.0 Å². The second-order valence-corrected chi connectivity index (χ2v) is 18.4. The van der Waals surface area contributed by atoms with Gasteiger partial charge in [-0.2, -0.15) is 0 Å². The summed E-state index contributed by atoms with van der Waals surface area (Å²) in [5.74, 6) is -3.70. The average molecular weight is 747 g/mol. The number of aliphatic hydroxyl groups excluding tert-OH is 1.